The Morgan fingerprint density at radius 3 is 2.47 bits per heavy atom. The van der Waals surface area contributed by atoms with Crippen LogP contribution in [0.4, 0.5) is 9.18 Å². The van der Waals surface area contributed by atoms with E-state index in [0.29, 0.717) is 36.2 Å². The number of halogens is 3. The third kappa shape index (κ3) is 6.90. The summed E-state index contributed by atoms with van der Waals surface area (Å²) in [6, 6.07) is 5.18. The highest BCUT2D eigenvalue weighted by molar-refractivity contribution is 7.88. The number of urea groups is 1. The fourth-order valence-corrected chi connectivity index (χ4v) is 5.61. The zero-order chi connectivity index (χ0) is 26.6. The van der Waals surface area contributed by atoms with E-state index in [1.54, 1.807) is 21.9 Å². The van der Waals surface area contributed by atoms with Crippen LogP contribution in [0.5, 0.6) is 0 Å². The lowest BCUT2D eigenvalue weighted by atomic mass is 9.86. The van der Waals surface area contributed by atoms with E-state index in [0.717, 1.165) is 24.2 Å². The van der Waals surface area contributed by atoms with E-state index < -0.39 is 22.0 Å². The maximum absolute atomic E-state index is 13.4. The highest BCUT2D eigenvalue weighted by Gasteiger charge is 2.42. The molecule has 3 atom stereocenters. The second kappa shape index (κ2) is 11.8. The minimum atomic E-state index is -3.30. The number of allylic oxidation sites excluding steroid dienone is 1. The molecule has 3 rings (SSSR count). The highest BCUT2D eigenvalue weighted by atomic mass is 35.5. The average Bonchev–Trinajstić information content (AvgIpc) is 3.29. The number of carbonyl (C=O) groups excluding carboxylic acids is 1. The molecule has 2 aliphatic rings. The van der Waals surface area contributed by atoms with E-state index in [1.807, 2.05) is 13.0 Å². The third-order valence-corrected chi connectivity index (χ3v) is 8.44. The van der Waals surface area contributed by atoms with Crippen molar-refractivity contribution in [3.8, 4) is 0 Å². The quantitative estimate of drug-likeness (QED) is 0.405. The minimum absolute atomic E-state index is 0.00839. The number of nitrogens with two attached hydrogens (primary N) is 1. The molecule has 13 heteroatoms. The van der Waals surface area contributed by atoms with E-state index >= 15 is 0 Å². The molecule has 1 aromatic carbocycles. The lowest BCUT2D eigenvalue weighted by Gasteiger charge is -2.35. The van der Waals surface area contributed by atoms with Gasteiger partial charge in [-0.05, 0) is 31.2 Å². The van der Waals surface area contributed by atoms with Crippen LogP contribution in [0.1, 0.15) is 18.4 Å². The first kappa shape index (κ1) is 28.2. The zero-order valence-corrected chi connectivity index (χ0v) is 22.4. The van der Waals surface area contributed by atoms with Gasteiger partial charge in [0.2, 0.25) is 15.9 Å². The van der Waals surface area contributed by atoms with Gasteiger partial charge in [0.25, 0.3) is 0 Å². The maximum Gasteiger partial charge on any atom is 0.320 e. The summed E-state index contributed by atoms with van der Waals surface area (Å²) in [5, 5.41) is 0.829. The van der Waals surface area contributed by atoms with Crippen LogP contribution in [-0.4, -0.2) is 86.4 Å². The van der Waals surface area contributed by atoms with Crippen molar-refractivity contribution in [2.45, 2.75) is 18.9 Å². The summed E-state index contributed by atoms with van der Waals surface area (Å²) in [5.41, 5.74) is 6.00. The van der Waals surface area contributed by atoms with Crippen LogP contribution < -0.4 is 5.73 Å². The van der Waals surface area contributed by atoms with Crippen molar-refractivity contribution in [2.75, 3.05) is 45.5 Å². The fourth-order valence-electron chi connectivity index (χ4n) is 4.48. The van der Waals surface area contributed by atoms with Crippen molar-refractivity contribution >= 4 is 45.5 Å². The SMILES string of the molecule is C=C(N=C/C(F)=C\N)O[C@H](C)[C@@H]1CN(C(=O)N2CCN(S(C)(=O)=O)CC2)C[C@H]1c1ccc(Cl)c(Cl)c1. The number of hydrogen-bond acceptors (Lipinski definition) is 6. The molecule has 0 aliphatic carbocycles. The van der Waals surface area contributed by atoms with Crippen molar-refractivity contribution in [2.24, 2.45) is 16.6 Å². The van der Waals surface area contributed by atoms with Crippen LogP contribution in [0.25, 0.3) is 0 Å². The smallest absolute Gasteiger partial charge is 0.320 e. The van der Waals surface area contributed by atoms with Gasteiger partial charge in [0.15, 0.2) is 5.83 Å². The Hall–Kier alpha value is -2.34. The van der Waals surface area contributed by atoms with E-state index in [-0.39, 0.29) is 36.8 Å². The molecule has 1 aromatic rings. The first-order valence-corrected chi connectivity index (χ1v) is 13.9. The molecule has 0 bridgehead atoms. The summed E-state index contributed by atoms with van der Waals surface area (Å²) in [5.74, 6) is -1.01. The van der Waals surface area contributed by atoms with E-state index in [4.69, 9.17) is 33.7 Å². The topological polar surface area (TPSA) is 109 Å². The molecule has 198 valence electrons. The number of rotatable bonds is 7. The van der Waals surface area contributed by atoms with Crippen LogP contribution in [0.2, 0.25) is 10.0 Å². The molecule has 2 amide bonds. The molecule has 2 fully saturated rings. The van der Waals surface area contributed by atoms with Crippen LogP contribution in [0.3, 0.4) is 0 Å². The summed E-state index contributed by atoms with van der Waals surface area (Å²) in [7, 11) is -3.30. The largest absolute Gasteiger partial charge is 0.475 e. The Labute approximate surface area is 221 Å². The van der Waals surface area contributed by atoms with E-state index in [1.165, 1.54) is 4.31 Å². The number of nitrogens with zero attached hydrogens (tertiary/aromatic N) is 4. The number of sulfonamides is 1. The molecule has 2 aliphatic heterocycles. The number of ether oxygens (including phenoxy) is 1. The molecule has 0 saturated carbocycles. The number of hydrogen-bond donors (Lipinski definition) is 1. The lowest BCUT2D eigenvalue weighted by molar-refractivity contribution is 0.0750. The van der Waals surface area contributed by atoms with Gasteiger partial charge in [-0.2, -0.15) is 4.31 Å². The summed E-state index contributed by atoms with van der Waals surface area (Å²) >= 11 is 12.4. The Bertz CT molecular complexity index is 1160. The van der Waals surface area contributed by atoms with Crippen molar-refractivity contribution in [1.29, 1.82) is 0 Å². The van der Waals surface area contributed by atoms with E-state index in [9.17, 15) is 17.6 Å². The molecule has 0 spiro atoms. The standard InChI is InChI=1S/C23H30Cl2FN5O4S/c1-15(35-16(2)28-12-18(26)11-27)19-13-30(14-20(19)17-4-5-21(24)22(25)10-17)23(32)29-6-8-31(9-7-29)36(3,33)34/h4-5,10-12,15,19-20H,2,6-9,13-14,27H2,1,3H3/b18-11+,28-12?/t15-,19+,20+/m1/s1. The number of benzene rings is 1. The molecular weight excluding hydrogens is 532 g/mol. The summed E-state index contributed by atoms with van der Waals surface area (Å²) < 4.78 is 44.1. The summed E-state index contributed by atoms with van der Waals surface area (Å²) in [6.07, 6.45) is 2.42. The fraction of sp³-hybridized carbons (Fsp3) is 0.478. The second-order valence-corrected chi connectivity index (χ2v) is 11.6. The predicted octanol–water partition coefficient (Wildman–Crippen LogP) is 3.42. The van der Waals surface area contributed by atoms with Crippen molar-refractivity contribution in [3.05, 3.63) is 58.3 Å². The van der Waals surface area contributed by atoms with Gasteiger partial charge in [0.05, 0.1) is 22.5 Å². The van der Waals surface area contributed by atoms with Crippen LogP contribution in [0, 0.1) is 5.92 Å². The number of likely N-dealkylation sites (tertiary alicyclic amines) is 1. The first-order chi connectivity index (χ1) is 16.9. The predicted molar refractivity (Wildman–Crippen MR) is 139 cm³/mol. The first-order valence-electron chi connectivity index (χ1n) is 11.3. The van der Waals surface area contributed by atoms with Gasteiger partial charge in [-0.3, -0.25) is 0 Å². The lowest BCUT2D eigenvalue weighted by Crippen LogP contribution is -2.53. The number of aliphatic imine (C=N–C) groups is 1. The molecule has 2 N–H and O–H groups in total. The van der Waals surface area contributed by atoms with Crippen molar-refractivity contribution in [1.82, 2.24) is 14.1 Å². The molecule has 2 saturated heterocycles. The maximum atomic E-state index is 13.4. The van der Waals surface area contributed by atoms with Gasteiger partial charge in [-0.15, -0.1) is 0 Å². The molecule has 9 nitrogen and oxygen atoms in total. The highest BCUT2D eigenvalue weighted by Crippen LogP contribution is 2.39. The zero-order valence-electron chi connectivity index (χ0n) is 20.1. The Morgan fingerprint density at radius 2 is 1.89 bits per heavy atom. The number of carbonyl (C=O) groups is 1. The van der Waals surface area contributed by atoms with Gasteiger partial charge in [0, 0.05) is 57.3 Å². The molecule has 0 radical (unpaired) electrons. The van der Waals surface area contributed by atoms with Gasteiger partial charge in [-0.25, -0.2) is 22.6 Å². The normalized spacial score (nSPS) is 22.8. The van der Waals surface area contributed by atoms with Gasteiger partial charge in [-0.1, -0.05) is 29.3 Å². The summed E-state index contributed by atoms with van der Waals surface area (Å²) in [6.45, 7) is 7.46. The van der Waals surface area contributed by atoms with E-state index in [2.05, 4.69) is 11.6 Å². The molecule has 36 heavy (non-hydrogen) atoms. The molecular formula is C23H30Cl2FN5O4S. The summed E-state index contributed by atoms with van der Waals surface area (Å²) in [4.78, 5) is 20.6. The molecule has 0 unspecified atom stereocenters. The van der Waals surface area contributed by atoms with Crippen LogP contribution in [-0.2, 0) is 14.8 Å². The van der Waals surface area contributed by atoms with Gasteiger partial charge in [0.1, 0.15) is 6.10 Å². The number of piperazine rings is 1. The number of amides is 2. The Morgan fingerprint density at radius 1 is 1.22 bits per heavy atom. The third-order valence-electron chi connectivity index (χ3n) is 6.40. The van der Waals surface area contributed by atoms with Crippen LogP contribution >= 0.6 is 23.2 Å². The van der Waals surface area contributed by atoms with Crippen molar-refractivity contribution < 1.29 is 22.3 Å². The minimum Gasteiger partial charge on any atom is -0.475 e. The van der Waals surface area contributed by atoms with Crippen LogP contribution in [0.15, 0.2) is 47.7 Å². The van der Waals surface area contributed by atoms with Crippen molar-refractivity contribution in [3.63, 3.8) is 0 Å². The van der Waals surface area contributed by atoms with Gasteiger partial charge < -0.3 is 20.3 Å². The second-order valence-electron chi connectivity index (χ2n) is 8.81. The monoisotopic (exact) mass is 561 g/mol. The van der Waals surface area contributed by atoms with Gasteiger partial charge >= 0.3 is 6.03 Å². The molecule has 0 aromatic heterocycles. The molecule has 2 heterocycles. The Kier molecular flexibility index (Phi) is 9.26. The average molecular weight is 562 g/mol. The Balaban J connectivity index is 1.77.